The van der Waals surface area contributed by atoms with Crippen LogP contribution in [0.5, 0.6) is 0 Å². The quantitative estimate of drug-likeness (QED) is 0.435. The van der Waals surface area contributed by atoms with Crippen LogP contribution in [0.1, 0.15) is 11.8 Å². The van der Waals surface area contributed by atoms with E-state index in [1.54, 1.807) is 19.1 Å². The van der Waals surface area contributed by atoms with E-state index in [-0.39, 0.29) is 6.54 Å². The van der Waals surface area contributed by atoms with Gasteiger partial charge in [0.2, 0.25) is 0 Å². The predicted octanol–water partition coefficient (Wildman–Crippen LogP) is 3.16. The van der Waals surface area contributed by atoms with Gasteiger partial charge >= 0.3 is 0 Å². The minimum Gasteiger partial charge on any atom is -0.394 e. The van der Waals surface area contributed by atoms with E-state index in [0.717, 1.165) is 26.9 Å². The Bertz CT molecular complexity index is 1300. The van der Waals surface area contributed by atoms with E-state index >= 15 is 0 Å². The number of nitriles is 1. The summed E-state index contributed by atoms with van der Waals surface area (Å²) in [6, 6.07) is 17.9. The maximum atomic E-state index is 12.5. The molecule has 0 radical (unpaired) electrons. The second-order valence-corrected chi connectivity index (χ2v) is 10.3. The number of aliphatic hydroxyl groups excluding tert-OH is 2. The molecule has 1 unspecified atom stereocenters. The van der Waals surface area contributed by atoms with Crippen LogP contribution in [0.2, 0.25) is 0 Å². The molecule has 32 heavy (non-hydrogen) atoms. The largest absolute Gasteiger partial charge is 0.394 e. The first-order chi connectivity index (χ1) is 15.2. The number of anilines is 1. The van der Waals surface area contributed by atoms with Crippen molar-refractivity contribution in [1.29, 1.82) is 5.26 Å². The third-order valence-corrected chi connectivity index (χ3v) is 7.77. The van der Waals surface area contributed by atoms with Crippen molar-refractivity contribution >= 4 is 43.4 Å². The van der Waals surface area contributed by atoms with Gasteiger partial charge in [-0.1, -0.05) is 18.2 Å². The highest BCUT2D eigenvalue weighted by molar-refractivity contribution is 7.93. The number of hydrogen-bond donors (Lipinski definition) is 3. The molecule has 1 aromatic heterocycles. The Balaban J connectivity index is 1.92. The molecule has 3 aromatic rings. The van der Waals surface area contributed by atoms with E-state index in [1.165, 1.54) is 11.3 Å². The second-order valence-electron chi connectivity index (χ2n) is 7.56. The summed E-state index contributed by atoms with van der Waals surface area (Å²) in [4.78, 5) is 3.25. The van der Waals surface area contributed by atoms with Crippen LogP contribution >= 0.6 is 11.3 Å². The SMILES string of the molecule is CC(=C(C#N)S(=O)(=O)NCC(O)CO)c1ccc(-c2ccc3cc(N(C)C)ccc3c2)s1. The number of rotatable bonds is 8. The number of fused-ring (bicyclic) bond motifs is 1. The number of nitrogens with one attached hydrogen (secondary N) is 1. The van der Waals surface area contributed by atoms with Crippen molar-refractivity contribution in [2.75, 3.05) is 32.1 Å². The third kappa shape index (κ3) is 5.18. The van der Waals surface area contributed by atoms with Crippen LogP contribution in [-0.2, 0) is 10.0 Å². The third-order valence-electron chi connectivity index (χ3n) is 5.03. The van der Waals surface area contributed by atoms with Gasteiger partial charge in [0.1, 0.15) is 6.07 Å². The van der Waals surface area contributed by atoms with E-state index in [2.05, 4.69) is 35.1 Å². The number of benzene rings is 2. The van der Waals surface area contributed by atoms with Gasteiger partial charge < -0.3 is 15.1 Å². The number of thiophene rings is 1. The fourth-order valence-electron chi connectivity index (χ4n) is 3.16. The second kappa shape index (κ2) is 9.81. The Labute approximate surface area is 191 Å². The van der Waals surface area contributed by atoms with Gasteiger partial charge in [-0.3, -0.25) is 0 Å². The van der Waals surface area contributed by atoms with Gasteiger partial charge in [-0.05, 0) is 59.2 Å². The zero-order valence-corrected chi connectivity index (χ0v) is 19.7. The van der Waals surface area contributed by atoms with Crippen LogP contribution in [-0.4, -0.2) is 52.0 Å². The van der Waals surface area contributed by atoms with Crippen LogP contribution in [0.4, 0.5) is 5.69 Å². The van der Waals surface area contributed by atoms with Crippen molar-refractivity contribution in [3.8, 4) is 16.5 Å². The predicted molar refractivity (Wildman–Crippen MR) is 130 cm³/mol. The number of aliphatic hydroxyl groups is 2. The van der Waals surface area contributed by atoms with Crippen molar-refractivity contribution < 1.29 is 18.6 Å². The summed E-state index contributed by atoms with van der Waals surface area (Å²) in [5, 5.41) is 30.0. The summed E-state index contributed by atoms with van der Waals surface area (Å²) < 4.78 is 27.2. The number of nitrogens with zero attached hydrogens (tertiary/aromatic N) is 2. The van der Waals surface area contributed by atoms with E-state index in [4.69, 9.17) is 5.11 Å². The van der Waals surface area contributed by atoms with Gasteiger partial charge in [0.25, 0.3) is 10.0 Å². The molecule has 0 amide bonds. The average Bonchev–Trinajstić information content (AvgIpc) is 3.27. The molecule has 1 heterocycles. The van der Waals surface area contributed by atoms with Gasteiger partial charge in [-0.15, -0.1) is 11.3 Å². The molecule has 0 aliphatic heterocycles. The van der Waals surface area contributed by atoms with Gasteiger partial charge in [-0.25, -0.2) is 13.1 Å². The van der Waals surface area contributed by atoms with E-state index in [0.29, 0.717) is 10.5 Å². The summed E-state index contributed by atoms with van der Waals surface area (Å²) in [6.07, 6.45) is -1.24. The van der Waals surface area contributed by atoms with Crippen LogP contribution in [0.3, 0.4) is 0 Å². The van der Waals surface area contributed by atoms with Crippen LogP contribution in [0, 0.1) is 11.3 Å². The molecule has 1 atom stereocenters. The van der Waals surface area contributed by atoms with Gasteiger partial charge in [0, 0.05) is 36.1 Å². The Kier molecular flexibility index (Phi) is 7.33. The summed E-state index contributed by atoms with van der Waals surface area (Å²) in [5.41, 5.74) is 2.45. The van der Waals surface area contributed by atoms with Crippen LogP contribution < -0.4 is 9.62 Å². The first kappa shape index (κ1) is 23.9. The minimum atomic E-state index is -4.12. The monoisotopic (exact) mass is 471 g/mol. The highest BCUT2D eigenvalue weighted by Gasteiger charge is 2.22. The lowest BCUT2D eigenvalue weighted by molar-refractivity contribution is 0.0989. The Morgan fingerprint density at radius 2 is 1.84 bits per heavy atom. The fourth-order valence-corrected chi connectivity index (χ4v) is 5.42. The Hall–Kier alpha value is -2.74. The van der Waals surface area contributed by atoms with Crippen molar-refractivity contribution in [1.82, 2.24) is 4.72 Å². The molecule has 0 saturated carbocycles. The normalized spacial score (nSPS) is 13.5. The Morgan fingerprint density at radius 1 is 1.16 bits per heavy atom. The molecule has 0 spiro atoms. The summed E-state index contributed by atoms with van der Waals surface area (Å²) in [6.45, 7) is 0.627. The molecule has 3 rings (SSSR count). The van der Waals surface area contributed by atoms with Gasteiger partial charge in [0.05, 0.1) is 12.7 Å². The molecule has 0 fully saturated rings. The van der Waals surface area contributed by atoms with E-state index in [1.807, 2.05) is 31.1 Å². The highest BCUT2D eigenvalue weighted by Crippen LogP contribution is 2.35. The van der Waals surface area contributed by atoms with Gasteiger partial charge in [0.15, 0.2) is 4.91 Å². The first-order valence-corrected chi connectivity index (χ1v) is 12.2. The highest BCUT2D eigenvalue weighted by atomic mass is 32.2. The van der Waals surface area contributed by atoms with E-state index < -0.39 is 27.6 Å². The molecule has 0 aliphatic rings. The summed E-state index contributed by atoms with van der Waals surface area (Å²) in [7, 11) is -0.123. The lowest BCUT2D eigenvalue weighted by Gasteiger charge is -2.13. The molecule has 9 heteroatoms. The summed E-state index contributed by atoms with van der Waals surface area (Å²) >= 11 is 1.40. The molecule has 168 valence electrons. The van der Waals surface area contributed by atoms with Crippen molar-refractivity contribution in [2.24, 2.45) is 0 Å². The maximum Gasteiger partial charge on any atom is 0.251 e. The van der Waals surface area contributed by atoms with Crippen molar-refractivity contribution in [3.05, 3.63) is 58.3 Å². The molecule has 0 aliphatic carbocycles. The topological polar surface area (TPSA) is 114 Å². The van der Waals surface area contributed by atoms with Crippen molar-refractivity contribution in [2.45, 2.75) is 13.0 Å². The number of hydrogen-bond acceptors (Lipinski definition) is 7. The fraction of sp³-hybridized carbons (Fsp3) is 0.261. The summed E-state index contributed by atoms with van der Waals surface area (Å²) in [5.74, 6) is 0. The lowest BCUT2D eigenvalue weighted by atomic mass is 10.1. The zero-order valence-electron chi connectivity index (χ0n) is 18.0. The standard InChI is InChI=1S/C23H25N3O4S2/c1-15(23(12-24)32(29,30)25-13-20(28)14-27)21-8-9-22(31-21)18-5-4-17-11-19(26(2)3)7-6-16(17)10-18/h4-11,20,25,27-28H,13-14H2,1-3H3. The molecule has 7 nitrogen and oxygen atoms in total. The molecular formula is C23H25N3O4S2. The van der Waals surface area contributed by atoms with Crippen molar-refractivity contribution in [3.63, 3.8) is 0 Å². The van der Waals surface area contributed by atoms with Crippen LogP contribution in [0.15, 0.2) is 53.4 Å². The molecule has 3 N–H and O–H groups in total. The molecular weight excluding hydrogens is 446 g/mol. The average molecular weight is 472 g/mol. The minimum absolute atomic E-state index is 0.325. The maximum absolute atomic E-state index is 12.5. The van der Waals surface area contributed by atoms with Gasteiger partial charge in [-0.2, -0.15) is 5.26 Å². The smallest absolute Gasteiger partial charge is 0.251 e. The van der Waals surface area contributed by atoms with E-state index in [9.17, 15) is 18.8 Å². The molecule has 0 bridgehead atoms. The number of allylic oxidation sites excluding steroid dienone is 2. The Morgan fingerprint density at radius 3 is 2.50 bits per heavy atom. The molecule has 0 saturated heterocycles. The molecule has 2 aromatic carbocycles. The zero-order chi connectivity index (χ0) is 23.5. The van der Waals surface area contributed by atoms with Crippen LogP contribution in [0.25, 0.3) is 26.8 Å². The first-order valence-electron chi connectivity index (χ1n) is 9.87. The number of sulfonamides is 1. The lowest BCUT2D eigenvalue weighted by Crippen LogP contribution is -2.34.